The molecule has 1 aliphatic carbocycles. The number of aromatic hydroxyl groups is 1. The smallest absolute Gasteiger partial charge is 0.311 e. The Balaban J connectivity index is 0.000000153. The summed E-state index contributed by atoms with van der Waals surface area (Å²) in [6.07, 6.45) is 3.14. The van der Waals surface area contributed by atoms with Crippen LogP contribution >= 0.6 is 0 Å². The number of carbonyl (C=O) groups is 1. The fraction of sp³-hybridized carbons (Fsp3) is 0.421. The number of hydrogen-bond acceptors (Lipinski definition) is 8. The van der Waals surface area contributed by atoms with Crippen molar-refractivity contribution in [1.29, 1.82) is 0 Å². The number of ether oxygens (including phenoxy) is 1. The summed E-state index contributed by atoms with van der Waals surface area (Å²) in [4.78, 5) is 25.2. The monoisotopic (exact) mass is 635 g/mol. The molecule has 9 nitrogen and oxygen atoms in total. The van der Waals surface area contributed by atoms with E-state index in [4.69, 9.17) is 4.74 Å². The maximum Gasteiger partial charge on any atom is 0.311 e. The number of rotatable bonds is 5. The average molecular weight is 636 g/mol. The van der Waals surface area contributed by atoms with E-state index in [0.717, 1.165) is 62.7 Å². The maximum atomic E-state index is 12.4. The molecule has 3 aliphatic heterocycles. The third-order valence-corrected chi connectivity index (χ3v) is 10.6. The summed E-state index contributed by atoms with van der Waals surface area (Å²) >= 11 is 0. The molecule has 4 aromatic rings. The standard InChI is InChI=1S/C21H26N2O3.C17H19N3O/c1-26-21(25)19-15-10-17-20-14(13-4-2-3-5-16(13)22-20)8-9-23(17)11-12(15)6-7-18(19)24;1-13-5-7-14(8-6-13)20(12-17-18-9-10-19-17)15-3-2-4-16(21)11-15/h2-5,12,15,17-19,22,24H,6-11H2,1H3;2-8,11,21H,9-10,12H2,1H3,(H,18,19)/t12-,15+,17+,18+,19?;/m0./s1. The summed E-state index contributed by atoms with van der Waals surface area (Å²) in [5.41, 5.74) is 7.23. The van der Waals surface area contributed by atoms with Crippen molar-refractivity contribution >= 4 is 34.1 Å². The second kappa shape index (κ2) is 13.4. The highest BCUT2D eigenvalue weighted by molar-refractivity contribution is 5.90. The molecule has 0 spiro atoms. The van der Waals surface area contributed by atoms with E-state index in [2.05, 4.69) is 80.5 Å². The molecule has 9 heteroatoms. The van der Waals surface area contributed by atoms with Gasteiger partial charge in [-0.25, -0.2) is 0 Å². The number of phenolic OH excluding ortho intramolecular Hbond substituents is 1. The lowest BCUT2D eigenvalue weighted by Crippen LogP contribution is -2.53. The van der Waals surface area contributed by atoms with Gasteiger partial charge in [0.2, 0.25) is 0 Å². The Morgan fingerprint density at radius 3 is 2.66 bits per heavy atom. The molecular formula is C38H45N5O4. The number of hydrogen-bond donors (Lipinski definition) is 4. The van der Waals surface area contributed by atoms with Crippen molar-refractivity contribution in [3.63, 3.8) is 0 Å². The van der Waals surface area contributed by atoms with Crippen molar-refractivity contribution in [3.8, 4) is 5.75 Å². The fourth-order valence-electron chi connectivity index (χ4n) is 8.22. The molecule has 246 valence electrons. The number of carbonyl (C=O) groups excluding carboxylic acids is 1. The zero-order valence-corrected chi connectivity index (χ0v) is 27.2. The van der Waals surface area contributed by atoms with Crippen molar-refractivity contribution in [1.82, 2.24) is 15.2 Å². The number of nitrogens with zero attached hydrogens (tertiary/aromatic N) is 3. The molecule has 4 heterocycles. The van der Waals surface area contributed by atoms with Crippen molar-refractivity contribution in [2.24, 2.45) is 22.7 Å². The van der Waals surface area contributed by atoms with Gasteiger partial charge < -0.3 is 30.2 Å². The minimum absolute atomic E-state index is 0.199. The van der Waals surface area contributed by atoms with Crippen LogP contribution in [0.4, 0.5) is 11.4 Å². The van der Waals surface area contributed by atoms with Gasteiger partial charge in [-0.3, -0.25) is 14.7 Å². The molecule has 47 heavy (non-hydrogen) atoms. The summed E-state index contributed by atoms with van der Waals surface area (Å²) in [5.74, 6) is 1.31. The van der Waals surface area contributed by atoms with E-state index in [1.807, 2.05) is 12.1 Å². The number of aliphatic hydroxyl groups excluding tert-OH is 1. The number of esters is 1. The van der Waals surface area contributed by atoms with Gasteiger partial charge in [0, 0.05) is 53.7 Å². The van der Waals surface area contributed by atoms with Crippen LogP contribution in [0.2, 0.25) is 0 Å². The molecule has 3 aromatic carbocycles. The summed E-state index contributed by atoms with van der Waals surface area (Å²) in [7, 11) is 1.43. The highest BCUT2D eigenvalue weighted by Crippen LogP contribution is 2.49. The lowest BCUT2D eigenvalue weighted by molar-refractivity contribution is -0.160. The number of anilines is 2. The second-order valence-electron chi connectivity index (χ2n) is 13.4. The number of aliphatic hydroxyl groups is 1. The van der Waals surface area contributed by atoms with Gasteiger partial charge in [-0.1, -0.05) is 42.0 Å². The van der Waals surface area contributed by atoms with E-state index >= 15 is 0 Å². The Morgan fingerprint density at radius 2 is 1.89 bits per heavy atom. The molecular weight excluding hydrogens is 590 g/mol. The van der Waals surface area contributed by atoms with Crippen LogP contribution < -0.4 is 10.2 Å². The van der Waals surface area contributed by atoms with Gasteiger partial charge in [-0.05, 0) is 80.3 Å². The van der Waals surface area contributed by atoms with Crippen LogP contribution in [0.5, 0.6) is 5.75 Å². The van der Waals surface area contributed by atoms with Crippen molar-refractivity contribution in [3.05, 3.63) is 89.6 Å². The second-order valence-corrected chi connectivity index (χ2v) is 13.4. The minimum atomic E-state index is -0.568. The van der Waals surface area contributed by atoms with Crippen LogP contribution in [0.25, 0.3) is 10.9 Å². The lowest BCUT2D eigenvalue weighted by Gasteiger charge is -2.50. The SMILES string of the molecule is COC(=O)C1[C@H](O)CC[C@H]2CN3CCc4c([nH]c5ccccc45)[C@H]3C[C@@H]12.Cc1ccc(N(CC2=NCCN2)c2cccc(O)c2)cc1. The van der Waals surface area contributed by atoms with E-state index in [9.17, 15) is 15.0 Å². The van der Waals surface area contributed by atoms with Crippen LogP contribution in [0.3, 0.4) is 0 Å². The number of methoxy groups -OCH3 is 1. The van der Waals surface area contributed by atoms with Crippen LogP contribution in [-0.2, 0) is 16.0 Å². The van der Waals surface area contributed by atoms with E-state index < -0.39 is 6.10 Å². The molecule has 4 N–H and O–H groups in total. The first-order valence-electron chi connectivity index (χ1n) is 16.9. The van der Waals surface area contributed by atoms with Gasteiger partial charge in [0.15, 0.2) is 0 Å². The third-order valence-electron chi connectivity index (χ3n) is 10.6. The number of amidine groups is 1. The number of aliphatic imine (C=N–C) groups is 1. The molecule has 0 bridgehead atoms. The highest BCUT2D eigenvalue weighted by Gasteiger charge is 2.49. The molecule has 8 rings (SSSR count). The first-order valence-corrected chi connectivity index (χ1v) is 16.9. The van der Waals surface area contributed by atoms with E-state index in [0.29, 0.717) is 24.9 Å². The molecule has 1 unspecified atom stereocenters. The van der Waals surface area contributed by atoms with Crippen LogP contribution in [0.15, 0.2) is 77.8 Å². The summed E-state index contributed by atoms with van der Waals surface area (Å²) < 4.78 is 5.04. The number of phenols is 1. The third kappa shape index (κ3) is 6.34. The number of para-hydroxylation sites is 1. The number of benzene rings is 3. The number of piperidine rings is 1. The van der Waals surface area contributed by atoms with Crippen molar-refractivity contribution in [2.75, 3.05) is 44.7 Å². The van der Waals surface area contributed by atoms with E-state index in [1.54, 1.807) is 12.1 Å². The van der Waals surface area contributed by atoms with Gasteiger partial charge in [0.25, 0.3) is 0 Å². The Morgan fingerprint density at radius 1 is 1.06 bits per heavy atom. The lowest BCUT2D eigenvalue weighted by atomic mass is 9.65. The van der Waals surface area contributed by atoms with Crippen molar-refractivity contribution in [2.45, 2.75) is 44.8 Å². The van der Waals surface area contributed by atoms with E-state index in [-0.39, 0.29) is 23.6 Å². The zero-order chi connectivity index (χ0) is 32.5. The van der Waals surface area contributed by atoms with E-state index in [1.165, 1.54) is 34.8 Å². The molecule has 1 saturated carbocycles. The molecule has 2 fully saturated rings. The zero-order valence-electron chi connectivity index (χ0n) is 27.2. The number of aromatic amines is 1. The number of nitrogens with one attached hydrogen (secondary N) is 2. The molecule has 1 aromatic heterocycles. The predicted molar refractivity (Wildman–Crippen MR) is 185 cm³/mol. The van der Waals surface area contributed by atoms with Gasteiger partial charge >= 0.3 is 5.97 Å². The van der Waals surface area contributed by atoms with Crippen molar-refractivity contribution < 1.29 is 19.7 Å². The summed E-state index contributed by atoms with van der Waals surface area (Å²) in [5, 5.41) is 24.9. The van der Waals surface area contributed by atoms with Crippen LogP contribution in [0.1, 0.15) is 42.1 Å². The average Bonchev–Trinajstić information content (AvgIpc) is 3.75. The molecule has 5 atom stereocenters. The normalized spacial score (nSPS) is 24.9. The Bertz CT molecular complexity index is 1750. The quantitative estimate of drug-likeness (QED) is 0.215. The highest BCUT2D eigenvalue weighted by atomic mass is 16.5. The molecule has 4 aliphatic rings. The summed E-state index contributed by atoms with van der Waals surface area (Å²) in [6.45, 7) is 6.57. The Labute approximate surface area is 276 Å². The first-order chi connectivity index (χ1) is 22.9. The minimum Gasteiger partial charge on any atom is -0.508 e. The molecule has 1 saturated heterocycles. The maximum absolute atomic E-state index is 12.4. The van der Waals surface area contributed by atoms with Crippen LogP contribution in [-0.4, -0.2) is 77.8 Å². The topological polar surface area (TPSA) is 113 Å². The molecule has 0 amide bonds. The number of H-pyrrole nitrogens is 1. The van der Waals surface area contributed by atoms with Gasteiger partial charge in [0.05, 0.1) is 38.3 Å². The number of aryl methyl sites for hydroxylation is 1. The molecule has 0 radical (unpaired) electrons. The predicted octanol–water partition coefficient (Wildman–Crippen LogP) is 5.49. The Hall–Kier alpha value is -4.34. The number of fused-ring (bicyclic) bond motifs is 6. The van der Waals surface area contributed by atoms with Gasteiger partial charge in [0.1, 0.15) is 11.6 Å². The summed E-state index contributed by atoms with van der Waals surface area (Å²) in [6, 6.07) is 24.5. The Kier molecular flexibility index (Phi) is 8.92. The number of aromatic nitrogens is 1. The first kappa shape index (κ1) is 31.3. The van der Waals surface area contributed by atoms with Crippen LogP contribution in [0, 0.1) is 24.7 Å². The van der Waals surface area contributed by atoms with Gasteiger partial charge in [-0.2, -0.15) is 0 Å². The fourth-order valence-corrected chi connectivity index (χ4v) is 8.22. The largest absolute Gasteiger partial charge is 0.508 e. The van der Waals surface area contributed by atoms with Gasteiger partial charge in [-0.15, -0.1) is 0 Å².